The molecule has 0 amide bonds. The molecule has 1 aliphatic heterocycles. The molecular weight excluding hydrogens is 465 g/mol. The van der Waals surface area contributed by atoms with E-state index in [0.29, 0.717) is 0 Å². The number of hydrogen-bond acceptors (Lipinski definition) is 2. The van der Waals surface area contributed by atoms with Crippen LogP contribution in [0, 0.1) is 0 Å². The van der Waals surface area contributed by atoms with Crippen LogP contribution in [0.5, 0.6) is 0 Å². The van der Waals surface area contributed by atoms with Gasteiger partial charge in [-0.1, -0.05) is 84.9 Å². The van der Waals surface area contributed by atoms with Crippen molar-refractivity contribution >= 4 is 45.2 Å². The second-order valence-corrected chi connectivity index (χ2v) is 11.3. The summed E-state index contributed by atoms with van der Waals surface area (Å²) in [5.41, 5.74) is 6.14. The fraction of sp³-hybridized carbons (Fsp3) is 0.176. The first-order chi connectivity index (χ1) is 18.3. The third-order valence-corrected chi connectivity index (χ3v) is 8.45. The molecule has 2 heterocycles. The molecular formula is C34H30BNO2. The quantitative estimate of drug-likeness (QED) is 0.233. The normalized spacial score (nSPS) is 16.6. The highest BCUT2D eigenvalue weighted by Crippen LogP contribution is 2.40. The molecule has 0 saturated carbocycles. The van der Waals surface area contributed by atoms with Gasteiger partial charge in [-0.2, -0.15) is 0 Å². The van der Waals surface area contributed by atoms with E-state index in [2.05, 4.69) is 141 Å². The molecule has 4 heteroatoms. The van der Waals surface area contributed by atoms with Crippen LogP contribution < -0.4 is 5.46 Å². The molecule has 5 aromatic carbocycles. The highest BCUT2D eigenvalue weighted by molar-refractivity contribution is 6.66. The first-order valence-electron chi connectivity index (χ1n) is 13.3. The van der Waals surface area contributed by atoms with Gasteiger partial charge in [-0.05, 0) is 79.3 Å². The molecule has 1 aromatic heterocycles. The van der Waals surface area contributed by atoms with Crippen molar-refractivity contribution in [2.24, 2.45) is 0 Å². The summed E-state index contributed by atoms with van der Waals surface area (Å²) in [5, 5.41) is 4.88. The van der Waals surface area contributed by atoms with E-state index < -0.39 is 18.3 Å². The lowest BCUT2D eigenvalue weighted by molar-refractivity contribution is 0.00578. The van der Waals surface area contributed by atoms with Crippen LogP contribution in [0.3, 0.4) is 0 Å². The predicted molar refractivity (Wildman–Crippen MR) is 159 cm³/mol. The van der Waals surface area contributed by atoms with E-state index in [1.54, 1.807) is 0 Å². The second-order valence-electron chi connectivity index (χ2n) is 11.3. The van der Waals surface area contributed by atoms with Crippen LogP contribution in [0.1, 0.15) is 27.7 Å². The van der Waals surface area contributed by atoms with Crippen molar-refractivity contribution in [2.45, 2.75) is 38.9 Å². The maximum absolute atomic E-state index is 6.56. The van der Waals surface area contributed by atoms with Gasteiger partial charge in [0.1, 0.15) is 0 Å². The highest BCUT2D eigenvalue weighted by Gasteiger charge is 2.52. The van der Waals surface area contributed by atoms with Crippen molar-refractivity contribution in [1.82, 2.24) is 4.57 Å². The summed E-state index contributed by atoms with van der Waals surface area (Å²) in [6, 6.07) is 39.0. The maximum atomic E-state index is 6.56. The SMILES string of the molecule is CC1(C)OB(c2cc3c(c4ccccc24)c2ccccc2n3-c2ccc(-c3ccccc3)cc2)OC1(C)C. The summed E-state index contributed by atoms with van der Waals surface area (Å²) >= 11 is 0. The molecule has 1 saturated heterocycles. The van der Waals surface area contributed by atoms with Crippen LogP contribution >= 0.6 is 0 Å². The molecule has 1 aliphatic rings. The molecule has 3 nitrogen and oxygen atoms in total. The number of aromatic nitrogens is 1. The van der Waals surface area contributed by atoms with E-state index >= 15 is 0 Å². The minimum absolute atomic E-state index is 0.409. The zero-order valence-corrected chi connectivity index (χ0v) is 22.2. The third-order valence-electron chi connectivity index (χ3n) is 8.45. The van der Waals surface area contributed by atoms with Crippen LogP contribution in [0.2, 0.25) is 0 Å². The van der Waals surface area contributed by atoms with Crippen LogP contribution in [0.4, 0.5) is 0 Å². The van der Waals surface area contributed by atoms with Crippen molar-refractivity contribution in [1.29, 1.82) is 0 Å². The van der Waals surface area contributed by atoms with E-state index in [9.17, 15) is 0 Å². The summed E-state index contributed by atoms with van der Waals surface area (Å²) < 4.78 is 15.5. The van der Waals surface area contributed by atoms with Gasteiger partial charge in [0.15, 0.2) is 0 Å². The lowest BCUT2D eigenvalue weighted by atomic mass is 9.75. The van der Waals surface area contributed by atoms with E-state index in [1.807, 2.05) is 0 Å². The Morgan fingerprint density at radius 2 is 1.11 bits per heavy atom. The van der Waals surface area contributed by atoms with E-state index in [0.717, 1.165) is 16.7 Å². The van der Waals surface area contributed by atoms with Crippen LogP contribution in [-0.2, 0) is 9.31 Å². The number of nitrogens with zero attached hydrogens (tertiary/aromatic N) is 1. The van der Waals surface area contributed by atoms with Gasteiger partial charge in [-0.25, -0.2) is 0 Å². The van der Waals surface area contributed by atoms with Crippen molar-refractivity contribution in [3.8, 4) is 16.8 Å². The standard InChI is InChI=1S/C34H30BNO2/c1-33(2)34(3,4)38-35(37-33)29-22-31-32(27-15-9-8-14-26(27)29)28-16-10-11-17-30(28)36(31)25-20-18-24(19-21-25)23-12-6-5-7-13-23/h5-22H,1-4H3. The van der Waals surface area contributed by atoms with Gasteiger partial charge in [-0.3, -0.25) is 0 Å². The summed E-state index contributed by atoms with van der Waals surface area (Å²) in [6.45, 7) is 8.44. The van der Waals surface area contributed by atoms with Crippen molar-refractivity contribution in [3.63, 3.8) is 0 Å². The van der Waals surface area contributed by atoms with Gasteiger partial charge in [0.05, 0.1) is 22.2 Å². The summed E-state index contributed by atoms with van der Waals surface area (Å²) in [5.74, 6) is 0. The zero-order valence-electron chi connectivity index (χ0n) is 22.2. The molecule has 38 heavy (non-hydrogen) atoms. The topological polar surface area (TPSA) is 23.4 Å². The monoisotopic (exact) mass is 495 g/mol. The fourth-order valence-corrected chi connectivity index (χ4v) is 5.73. The molecule has 0 unspecified atom stereocenters. The molecule has 1 fully saturated rings. The van der Waals surface area contributed by atoms with Crippen molar-refractivity contribution in [3.05, 3.63) is 109 Å². The van der Waals surface area contributed by atoms with Gasteiger partial charge in [0.2, 0.25) is 0 Å². The van der Waals surface area contributed by atoms with Crippen molar-refractivity contribution < 1.29 is 9.31 Å². The largest absolute Gasteiger partial charge is 0.495 e. The number of benzene rings is 5. The molecule has 0 radical (unpaired) electrons. The molecule has 6 aromatic rings. The molecule has 0 N–H and O–H groups in total. The van der Waals surface area contributed by atoms with Crippen LogP contribution in [0.25, 0.3) is 49.4 Å². The molecule has 186 valence electrons. The Morgan fingerprint density at radius 3 is 1.79 bits per heavy atom. The molecule has 0 bridgehead atoms. The Labute approximate surface area is 223 Å². The zero-order chi connectivity index (χ0) is 26.1. The molecule has 0 spiro atoms. The average molecular weight is 495 g/mol. The van der Waals surface area contributed by atoms with Gasteiger partial charge in [0, 0.05) is 16.5 Å². The fourth-order valence-electron chi connectivity index (χ4n) is 5.73. The number of para-hydroxylation sites is 1. The highest BCUT2D eigenvalue weighted by atomic mass is 16.7. The number of hydrogen-bond donors (Lipinski definition) is 0. The second kappa shape index (κ2) is 8.32. The summed E-state index contributed by atoms with van der Waals surface area (Å²) in [7, 11) is -0.443. The van der Waals surface area contributed by atoms with Gasteiger partial charge >= 0.3 is 7.12 Å². The van der Waals surface area contributed by atoms with Crippen molar-refractivity contribution in [2.75, 3.05) is 0 Å². The first-order valence-corrected chi connectivity index (χ1v) is 13.3. The molecule has 0 atom stereocenters. The summed E-state index contributed by atoms with van der Waals surface area (Å²) in [4.78, 5) is 0. The van der Waals surface area contributed by atoms with Gasteiger partial charge in [-0.15, -0.1) is 0 Å². The predicted octanol–water partition coefficient (Wildman–Crippen LogP) is 7.90. The van der Waals surface area contributed by atoms with Crippen LogP contribution in [-0.4, -0.2) is 22.9 Å². The summed E-state index contributed by atoms with van der Waals surface area (Å²) in [6.07, 6.45) is 0. The number of rotatable bonds is 3. The first kappa shape index (κ1) is 23.3. The Balaban J connectivity index is 1.50. The Bertz CT molecular complexity index is 1800. The Morgan fingerprint density at radius 1 is 0.553 bits per heavy atom. The lowest BCUT2D eigenvalue weighted by Crippen LogP contribution is -2.41. The minimum atomic E-state index is -0.443. The average Bonchev–Trinajstić information content (AvgIpc) is 3.38. The Kier molecular flexibility index (Phi) is 5.10. The molecule has 0 aliphatic carbocycles. The minimum Gasteiger partial charge on any atom is -0.399 e. The third kappa shape index (κ3) is 3.44. The van der Waals surface area contributed by atoms with E-state index in [1.165, 1.54) is 38.2 Å². The van der Waals surface area contributed by atoms with E-state index in [4.69, 9.17) is 9.31 Å². The Hall–Kier alpha value is -3.86. The maximum Gasteiger partial charge on any atom is 0.495 e. The number of fused-ring (bicyclic) bond motifs is 5. The smallest absolute Gasteiger partial charge is 0.399 e. The van der Waals surface area contributed by atoms with Gasteiger partial charge in [0.25, 0.3) is 0 Å². The molecule has 7 rings (SSSR count). The van der Waals surface area contributed by atoms with Gasteiger partial charge < -0.3 is 13.9 Å². The van der Waals surface area contributed by atoms with E-state index in [-0.39, 0.29) is 0 Å². The lowest BCUT2D eigenvalue weighted by Gasteiger charge is -2.32. The van der Waals surface area contributed by atoms with Crippen LogP contribution in [0.15, 0.2) is 109 Å².